The molecule has 0 atom stereocenters. The average Bonchev–Trinajstić information content (AvgIpc) is 2.61. The van der Waals surface area contributed by atoms with Gasteiger partial charge in [-0.25, -0.2) is 4.98 Å². The first-order valence-corrected chi connectivity index (χ1v) is 7.46. The number of hydrogen-bond donors (Lipinski definition) is 0. The molecule has 0 N–H and O–H groups in total. The van der Waals surface area contributed by atoms with Crippen LogP contribution in [0.25, 0.3) is 0 Å². The fourth-order valence-corrected chi connectivity index (χ4v) is 2.62. The number of pyridine rings is 1. The predicted octanol–water partition coefficient (Wildman–Crippen LogP) is 2.09. The van der Waals surface area contributed by atoms with Crippen molar-refractivity contribution in [3.05, 3.63) is 64.1 Å². The number of rotatable bonds is 3. The van der Waals surface area contributed by atoms with Gasteiger partial charge in [0.25, 0.3) is 11.6 Å². The first kappa shape index (κ1) is 15.9. The Balaban J connectivity index is 1.63. The van der Waals surface area contributed by atoms with Crippen molar-refractivity contribution < 1.29 is 14.1 Å². The maximum atomic E-state index is 13.2. The summed E-state index contributed by atoms with van der Waals surface area (Å²) in [6, 6.07) is 10.2. The summed E-state index contributed by atoms with van der Waals surface area (Å²) in [7, 11) is 0. The van der Waals surface area contributed by atoms with Crippen molar-refractivity contribution in [1.29, 1.82) is 0 Å². The molecule has 2 aromatic rings. The molecule has 1 amide bonds. The second-order valence-electron chi connectivity index (χ2n) is 5.40. The Kier molecular flexibility index (Phi) is 4.37. The molecule has 1 aliphatic rings. The van der Waals surface area contributed by atoms with Crippen molar-refractivity contribution in [3.8, 4) is 0 Å². The molecule has 1 aromatic carbocycles. The number of nitro groups is 1. The van der Waals surface area contributed by atoms with E-state index >= 15 is 0 Å². The third-order valence-corrected chi connectivity index (χ3v) is 3.92. The molecule has 8 heteroatoms. The number of carbonyl (C=O) groups is 1. The molecule has 7 nitrogen and oxygen atoms in total. The van der Waals surface area contributed by atoms with Crippen LogP contribution < -0.4 is 4.90 Å². The molecular weight excluding hydrogens is 315 g/mol. The second-order valence-corrected chi connectivity index (χ2v) is 5.40. The summed E-state index contributed by atoms with van der Waals surface area (Å²) in [6.07, 6.45) is 0. The largest absolute Gasteiger partial charge is 0.353 e. The van der Waals surface area contributed by atoms with Crippen LogP contribution in [0.5, 0.6) is 0 Å². The summed E-state index contributed by atoms with van der Waals surface area (Å²) in [5.41, 5.74) is 0.367. The van der Waals surface area contributed by atoms with Crippen molar-refractivity contribution in [3.63, 3.8) is 0 Å². The van der Waals surface area contributed by atoms with E-state index in [-0.39, 0.29) is 11.6 Å². The lowest BCUT2D eigenvalue weighted by Gasteiger charge is -2.35. The van der Waals surface area contributed by atoms with Gasteiger partial charge in [-0.15, -0.1) is 0 Å². The van der Waals surface area contributed by atoms with Crippen LogP contribution in [0, 0.1) is 16.1 Å². The molecule has 0 spiro atoms. The number of amides is 1. The van der Waals surface area contributed by atoms with Crippen LogP contribution in [-0.4, -0.2) is 46.9 Å². The van der Waals surface area contributed by atoms with Gasteiger partial charge in [0.15, 0.2) is 0 Å². The third kappa shape index (κ3) is 3.32. The number of nitrogens with zero attached hydrogens (tertiary/aromatic N) is 4. The quantitative estimate of drug-likeness (QED) is 0.489. The lowest BCUT2D eigenvalue weighted by atomic mass is 10.1. The van der Waals surface area contributed by atoms with Gasteiger partial charge < -0.3 is 9.80 Å². The highest BCUT2D eigenvalue weighted by Gasteiger charge is 2.23. The summed E-state index contributed by atoms with van der Waals surface area (Å²) in [6.45, 7) is 2.06. The van der Waals surface area contributed by atoms with E-state index in [2.05, 4.69) is 4.98 Å². The standard InChI is InChI=1S/C16H15FN4O3/c17-14-2-1-3-15(18-14)19-8-10-20(11-9-19)16(22)12-4-6-13(7-5-12)21(23)24/h1-7H,8-11H2. The van der Waals surface area contributed by atoms with Gasteiger partial charge in [0.05, 0.1) is 4.92 Å². The number of halogens is 1. The van der Waals surface area contributed by atoms with Crippen LogP contribution in [0.2, 0.25) is 0 Å². The van der Waals surface area contributed by atoms with E-state index in [1.165, 1.54) is 30.3 Å². The molecule has 1 aromatic heterocycles. The lowest BCUT2D eigenvalue weighted by molar-refractivity contribution is -0.384. The van der Waals surface area contributed by atoms with Crippen LogP contribution >= 0.6 is 0 Å². The van der Waals surface area contributed by atoms with Gasteiger partial charge in [0.2, 0.25) is 5.95 Å². The van der Waals surface area contributed by atoms with Crippen molar-refractivity contribution >= 4 is 17.4 Å². The molecule has 0 saturated carbocycles. The van der Waals surface area contributed by atoms with E-state index in [0.717, 1.165) is 0 Å². The van der Waals surface area contributed by atoms with E-state index in [1.807, 2.05) is 4.90 Å². The van der Waals surface area contributed by atoms with Gasteiger partial charge in [0.1, 0.15) is 5.82 Å². The highest BCUT2D eigenvalue weighted by molar-refractivity contribution is 5.94. The maximum absolute atomic E-state index is 13.2. The number of piperazine rings is 1. The summed E-state index contributed by atoms with van der Waals surface area (Å²) in [4.78, 5) is 30.0. The molecule has 1 fully saturated rings. The zero-order valence-electron chi connectivity index (χ0n) is 12.8. The molecule has 24 heavy (non-hydrogen) atoms. The molecule has 0 radical (unpaired) electrons. The van der Waals surface area contributed by atoms with Crippen LogP contribution in [0.15, 0.2) is 42.5 Å². The minimum absolute atomic E-state index is 0.0476. The topological polar surface area (TPSA) is 79.6 Å². The number of non-ortho nitro benzene ring substituents is 1. The monoisotopic (exact) mass is 330 g/mol. The Morgan fingerprint density at radius 3 is 2.33 bits per heavy atom. The van der Waals surface area contributed by atoms with Crippen molar-refractivity contribution in [2.24, 2.45) is 0 Å². The van der Waals surface area contributed by atoms with Crippen molar-refractivity contribution in [2.45, 2.75) is 0 Å². The maximum Gasteiger partial charge on any atom is 0.269 e. The summed E-state index contributed by atoms with van der Waals surface area (Å²) >= 11 is 0. The minimum atomic E-state index is -0.531. The predicted molar refractivity (Wildman–Crippen MR) is 85.4 cm³/mol. The van der Waals surface area contributed by atoms with E-state index in [9.17, 15) is 19.3 Å². The number of nitro benzene ring substituents is 1. The smallest absolute Gasteiger partial charge is 0.269 e. The number of benzene rings is 1. The first-order chi connectivity index (χ1) is 11.5. The Morgan fingerprint density at radius 1 is 1.08 bits per heavy atom. The van der Waals surface area contributed by atoms with Gasteiger partial charge in [-0.1, -0.05) is 6.07 Å². The van der Waals surface area contributed by atoms with E-state index in [0.29, 0.717) is 37.6 Å². The Bertz CT molecular complexity index is 758. The van der Waals surface area contributed by atoms with Crippen LogP contribution in [-0.2, 0) is 0 Å². The molecular formula is C16H15FN4O3. The van der Waals surface area contributed by atoms with Crippen LogP contribution in [0.4, 0.5) is 15.9 Å². The normalized spacial score (nSPS) is 14.5. The van der Waals surface area contributed by atoms with E-state index in [4.69, 9.17) is 0 Å². The number of aromatic nitrogens is 1. The number of carbonyl (C=O) groups excluding carboxylic acids is 1. The van der Waals surface area contributed by atoms with E-state index < -0.39 is 10.9 Å². The molecule has 0 aliphatic carbocycles. The van der Waals surface area contributed by atoms with Gasteiger partial charge in [-0.2, -0.15) is 4.39 Å². The van der Waals surface area contributed by atoms with E-state index in [1.54, 1.807) is 17.0 Å². The molecule has 0 unspecified atom stereocenters. The average molecular weight is 330 g/mol. The highest BCUT2D eigenvalue weighted by Crippen LogP contribution is 2.17. The summed E-state index contributed by atoms with van der Waals surface area (Å²) < 4.78 is 13.2. The lowest BCUT2D eigenvalue weighted by Crippen LogP contribution is -2.49. The Morgan fingerprint density at radius 2 is 1.75 bits per heavy atom. The van der Waals surface area contributed by atoms with Crippen molar-refractivity contribution in [2.75, 3.05) is 31.1 Å². The molecule has 124 valence electrons. The fourth-order valence-electron chi connectivity index (χ4n) is 2.62. The zero-order valence-corrected chi connectivity index (χ0v) is 12.8. The highest BCUT2D eigenvalue weighted by atomic mass is 19.1. The van der Waals surface area contributed by atoms with Gasteiger partial charge in [0, 0.05) is 43.9 Å². The third-order valence-electron chi connectivity index (χ3n) is 3.92. The SMILES string of the molecule is O=C(c1ccc([N+](=O)[O-])cc1)N1CCN(c2cccc(F)n2)CC1. The molecule has 2 heterocycles. The molecule has 3 rings (SSSR count). The van der Waals surface area contributed by atoms with Gasteiger partial charge in [-0.3, -0.25) is 14.9 Å². The summed E-state index contributed by atoms with van der Waals surface area (Å²) in [5, 5.41) is 10.7. The molecule has 1 saturated heterocycles. The Hall–Kier alpha value is -3.03. The number of anilines is 1. The number of hydrogen-bond acceptors (Lipinski definition) is 5. The zero-order chi connectivity index (χ0) is 17.1. The second kappa shape index (κ2) is 6.61. The fraction of sp³-hybridized carbons (Fsp3) is 0.250. The van der Waals surface area contributed by atoms with Gasteiger partial charge in [-0.05, 0) is 24.3 Å². The summed E-state index contributed by atoms with van der Waals surface area (Å²) in [5.74, 6) is -0.147. The van der Waals surface area contributed by atoms with Crippen LogP contribution in [0.3, 0.4) is 0 Å². The first-order valence-electron chi connectivity index (χ1n) is 7.46. The Labute approximate surface area is 137 Å². The van der Waals surface area contributed by atoms with Crippen molar-refractivity contribution in [1.82, 2.24) is 9.88 Å². The minimum Gasteiger partial charge on any atom is -0.353 e. The molecule has 1 aliphatic heterocycles. The van der Waals surface area contributed by atoms with Gasteiger partial charge >= 0.3 is 0 Å². The van der Waals surface area contributed by atoms with Crippen LogP contribution in [0.1, 0.15) is 10.4 Å². The molecule has 0 bridgehead atoms.